The number of likely N-dealkylation sites (N-methyl/N-ethyl adjacent to an activating group) is 3. The Labute approximate surface area is 536 Å². The van der Waals surface area contributed by atoms with Gasteiger partial charge in [-0.25, -0.2) is 19.2 Å². The molecule has 6 rings (SSSR count). The van der Waals surface area contributed by atoms with Gasteiger partial charge in [0.15, 0.2) is 5.72 Å². The van der Waals surface area contributed by atoms with E-state index in [9.17, 15) is 53.4 Å². The van der Waals surface area contributed by atoms with Crippen LogP contribution in [0.4, 0.5) is 36.2 Å². The molecule has 4 heterocycles. The van der Waals surface area contributed by atoms with Crippen molar-refractivity contribution < 1.29 is 91.3 Å². The molecular formula is C60H81ClN8O19S2. The molecule has 6 N–H and O–H groups in total. The molecule has 90 heavy (non-hydrogen) atoms. The molecule has 0 aromatic heterocycles. The molecule has 8 amide bonds. The van der Waals surface area contributed by atoms with Gasteiger partial charge in [0, 0.05) is 78.8 Å². The molecule has 0 radical (unpaired) electrons. The first-order valence-corrected chi connectivity index (χ1v) is 31.7. The Morgan fingerprint density at radius 2 is 1.72 bits per heavy atom. The number of benzene rings is 2. The summed E-state index contributed by atoms with van der Waals surface area (Å²) >= 11 is 8.99. The van der Waals surface area contributed by atoms with Crippen molar-refractivity contribution in [2.24, 2.45) is 5.92 Å². The second-order valence-corrected chi connectivity index (χ2v) is 24.6. The quantitative estimate of drug-likeness (QED) is 0.0407. The molecule has 494 valence electrons. The maximum absolute atomic E-state index is 14.4. The summed E-state index contributed by atoms with van der Waals surface area (Å²) in [5, 5.41) is 32.8. The molecule has 2 aromatic rings. The number of hydrogen-bond acceptors (Lipinski definition) is 21. The number of thioether (sulfide) groups is 2. The molecule has 27 nitrogen and oxygen atoms in total. The Morgan fingerprint density at radius 1 is 0.978 bits per heavy atom. The number of carbonyl (C=O) groups excluding carboxylic acids is 9. The number of nitrogens with one attached hydrogen (secondary N) is 4. The van der Waals surface area contributed by atoms with Crippen molar-refractivity contribution in [2.45, 2.75) is 114 Å². The minimum absolute atomic E-state index is 0.0182. The molecule has 1 unspecified atom stereocenters. The number of ether oxygens (including phenoxy) is 8. The number of aliphatic hydroxyl groups is 2. The second-order valence-electron chi connectivity index (χ2n) is 22.3. The highest BCUT2D eigenvalue weighted by Crippen LogP contribution is 2.49. The van der Waals surface area contributed by atoms with E-state index in [1.165, 1.54) is 86.9 Å². The Kier molecular flexibility index (Phi) is 26.6. The average Bonchev–Trinajstić information content (AvgIpc) is 1.57. The van der Waals surface area contributed by atoms with E-state index < -0.39 is 107 Å². The normalized spacial score (nSPS) is 25.0. The number of rotatable bonds is 20. The number of carbonyl (C=O) groups is 9. The van der Waals surface area contributed by atoms with Crippen molar-refractivity contribution in [3.63, 3.8) is 0 Å². The van der Waals surface area contributed by atoms with Gasteiger partial charge in [0.05, 0.1) is 55.7 Å². The van der Waals surface area contributed by atoms with Crippen LogP contribution in [0.25, 0.3) is 0 Å². The van der Waals surface area contributed by atoms with E-state index in [0.717, 1.165) is 22.2 Å². The summed E-state index contributed by atoms with van der Waals surface area (Å²) in [7, 11) is 7.35. The van der Waals surface area contributed by atoms with E-state index in [0.29, 0.717) is 29.0 Å². The topological polar surface area (TPSA) is 332 Å². The first-order valence-electron chi connectivity index (χ1n) is 28.9. The first-order chi connectivity index (χ1) is 42.7. The smallest absolute Gasteiger partial charge is 0.412 e. The van der Waals surface area contributed by atoms with Crippen LogP contribution in [0.5, 0.6) is 5.75 Å². The predicted octanol–water partition coefficient (Wildman–Crippen LogP) is 5.59. The van der Waals surface area contributed by atoms with E-state index in [-0.39, 0.29) is 99.3 Å². The molecule has 30 heteroatoms. The molecule has 0 saturated carbocycles. The monoisotopic (exact) mass is 1320 g/mol. The number of methoxy groups -OCH3 is 1. The lowest BCUT2D eigenvalue weighted by atomic mass is 9.83. The van der Waals surface area contributed by atoms with Gasteiger partial charge in [-0.15, -0.1) is 0 Å². The SMILES string of the molecule is COc1cc2cc(c1Cl)N(C)C(=O)C[C@H](OC(=O)[C@H](C)N(C)C(=O)CCSC(=O)N(C)CCN(C)C(=O)OCc1ccc(NC(=O)OC3/C=C/COCOC3)c(NC(=O)CCNC(=O)CSC)c1)[C@]1(C)O[C@H]1[C@H](C)[C@@H]1C[C@@](O)(NC(=O)O1)[C@H](O)/C=C/C=C(\C)C2. The summed E-state index contributed by atoms with van der Waals surface area (Å²) in [6.45, 7) is 6.91. The molecule has 2 fully saturated rings. The van der Waals surface area contributed by atoms with Crippen LogP contribution in [0, 0.1) is 5.92 Å². The zero-order chi connectivity index (χ0) is 66.0. The Balaban J connectivity index is 1.03. The minimum Gasteiger partial charge on any atom is -0.495 e. The molecule has 4 aliphatic rings. The standard InChI is InChI=1S/C60H81ClN8O19S2/c1-35-13-11-15-46(70)60(80)30-45(86-56(77)65-60)36(2)53-59(4,88-53)47(29-51(74)69(8)43-27-39(25-35)28-44(81-9)52(43)61)87-54(75)37(3)68(7)50(73)19-24-90-58(79)67(6)22-21-66(5)57(78)84-31-38-16-17-41(64-55(76)85-40-14-12-23-82-34-83-32-40)42(26-38)63-48(71)18-20-62-49(72)33-89-10/h11-17,26-28,36-37,40,45-47,53,70,80H,18-25,29-34H2,1-10H3,(H,62,72)(H,63,71)(H,64,76)(H,65,77)/b14-12+,15-11+,35-13+/t36-,37+,40?,45+,46-,47+,53+,59+,60+/m1/s1. The highest BCUT2D eigenvalue weighted by Gasteiger charge is 2.64. The minimum atomic E-state index is -2.14. The van der Waals surface area contributed by atoms with Crippen LogP contribution >= 0.6 is 35.1 Å². The van der Waals surface area contributed by atoms with Crippen LogP contribution < -0.4 is 30.9 Å². The fraction of sp³-hybridized carbons (Fsp3) is 0.550. The maximum Gasteiger partial charge on any atom is 0.412 e. The number of epoxide rings is 1. The first kappa shape index (κ1) is 71.9. The van der Waals surface area contributed by atoms with Crippen LogP contribution in [0.2, 0.25) is 5.02 Å². The Bertz CT molecular complexity index is 3050. The van der Waals surface area contributed by atoms with E-state index in [1.807, 2.05) is 6.92 Å². The third-order valence-corrected chi connectivity index (χ3v) is 17.3. The van der Waals surface area contributed by atoms with Gasteiger partial charge in [-0.3, -0.25) is 34.6 Å². The van der Waals surface area contributed by atoms with E-state index in [2.05, 4.69) is 21.3 Å². The number of aliphatic hydroxyl groups excluding tert-OH is 1. The Hall–Kier alpha value is -7.12. The fourth-order valence-corrected chi connectivity index (χ4v) is 11.2. The van der Waals surface area contributed by atoms with Crippen molar-refractivity contribution in [1.82, 2.24) is 25.3 Å². The van der Waals surface area contributed by atoms with E-state index in [1.54, 1.807) is 62.6 Å². The number of nitrogens with zero attached hydrogens (tertiary/aromatic N) is 4. The van der Waals surface area contributed by atoms with Crippen LogP contribution in [0.1, 0.15) is 64.5 Å². The van der Waals surface area contributed by atoms with Crippen molar-refractivity contribution in [1.29, 1.82) is 0 Å². The third-order valence-electron chi connectivity index (χ3n) is 15.4. The fourth-order valence-electron chi connectivity index (χ4n) is 9.76. The van der Waals surface area contributed by atoms with Crippen molar-refractivity contribution >= 4 is 105 Å². The molecule has 0 spiro atoms. The van der Waals surface area contributed by atoms with Crippen LogP contribution in [-0.4, -0.2) is 219 Å². The average molecular weight is 1320 g/mol. The summed E-state index contributed by atoms with van der Waals surface area (Å²) in [6, 6.07) is 6.82. The molecule has 4 aliphatic heterocycles. The molecule has 0 aliphatic carbocycles. The number of hydrogen-bond donors (Lipinski definition) is 6. The number of anilines is 3. The van der Waals surface area contributed by atoms with Gasteiger partial charge >= 0.3 is 24.2 Å². The zero-order valence-corrected chi connectivity index (χ0v) is 54.4. The van der Waals surface area contributed by atoms with Gasteiger partial charge in [0.25, 0.3) is 5.24 Å². The number of esters is 1. The lowest BCUT2D eigenvalue weighted by Crippen LogP contribution is -2.63. The van der Waals surface area contributed by atoms with E-state index >= 15 is 0 Å². The molecule has 2 saturated heterocycles. The highest BCUT2D eigenvalue weighted by atomic mass is 35.5. The number of alkyl carbamates (subject to hydrolysis) is 1. The lowest BCUT2D eigenvalue weighted by molar-refractivity contribution is -0.162. The van der Waals surface area contributed by atoms with Gasteiger partial charge in [-0.2, -0.15) is 11.8 Å². The summed E-state index contributed by atoms with van der Waals surface area (Å²) < 4.78 is 45.1. The van der Waals surface area contributed by atoms with Gasteiger partial charge in [0.2, 0.25) is 23.6 Å². The van der Waals surface area contributed by atoms with Gasteiger partial charge in [-0.05, 0) is 74.9 Å². The lowest BCUT2D eigenvalue weighted by Gasteiger charge is -2.41. The van der Waals surface area contributed by atoms with Crippen molar-refractivity contribution in [2.75, 3.05) is 108 Å². The van der Waals surface area contributed by atoms with Crippen LogP contribution in [0.15, 0.2) is 66.3 Å². The van der Waals surface area contributed by atoms with Gasteiger partial charge in [0.1, 0.15) is 60.2 Å². The summed E-state index contributed by atoms with van der Waals surface area (Å²) in [5.41, 5.74) is -0.902. The molecule has 2 aromatic carbocycles. The Morgan fingerprint density at radius 3 is 2.46 bits per heavy atom. The highest BCUT2D eigenvalue weighted by molar-refractivity contribution is 8.13. The number of halogens is 1. The zero-order valence-electron chi connectivity index (χ0n) is 52.0. The summed E-state index contributed by atoms with van der Waals surface area (Å²) in [4.78, 5) is 124. The summed E-state index contributed by atoms with van der Waals surface area (Å²) in [6.07, 6.45) is 1.18. The maximum atomic E-state index is 14.4. The largest absolute Gasteiger partial charge is 0.495 e. The molecule has 4 bridgehead atoms. The second kappa shape index (κ2) is 33.3. The van der Waals surface area contributed by atoms with E-state index in [4.69, 9.17) is 49.5 Å². The molecular weight excluding hydrogens is 1240 g/mol. The number of amides is 8. The van der Waals surface area contributed by atoms with Gasteiger partial charge in [-0.1, -0.05) is 66.2 Å². The predicted molar refractivity (Wildman–Crippen MR) is 335 cm³/mol. The number of fused-ring (bicyclic) bond motifs is 5. The molecule has 9 atom stereocenters. The van der Waals surface area contributed by atoms with Crippen molar-refractivity contribution in [3.05, 3.63) is 82.4 Å². The number of allylic oxidation sites excluding steroid dienone is 3. The van der Waals surface area contributed by atoms with Crippen LogP contribution in [-0.2, 0) is 70.2 Å². The third kappa shape index (κ3) is 20.2. The summed E-state index contributed by atoms with van der Waals surface area (Å²) in [5.74, 6) is -2.77. The van der Waals surface area contributed by atoms with Crippen LogP contribution in [0.3, 0.4) is 0 Å². The van der Waals surface area contributed by atoms with Crippen molar-refractivity contribution in [3.8, 4) is 5.75 Å². The van der Waals surface area contributed by atoms with Gasteiger partial charge < -0.3 is 78.3 Å².